The van der Waals surface area contributed by atoms with Gasteiger partial charge in [-0.15, -0.1) is 17.8 Å². The predicted octanol–water partition coefficient (Wildman–Crippen LogP) is 4.91. The van der Waals surface area contributed by atoms with Gasteiger partial charge in [-0.25, -0.2) is 0 Å². The van der Waals surface area contributed by atoms with Crippen LogP contribution in [0.25, 0.3) is 10.4 Å². The van der Waals surface area contributed by atoms with Gasteiger partial charge in [0.15, 0.2) is 0 Å². The summed E-state index contributed by atoms with van der Waals surface area (Å²) in [5.74, 6) is 4.00. The highest BCUT2D eigenvalue weighted by Gasteiger charge is 2.14. The number of amides is 1. The molecule has 25 heavy (non-hydrogen) atoms. The summed E-state index contributed by atoms with van der Waals surface area (Å²) in [4.78, 5) is 15.5. The molecule has 3 rings (SSSR count). The molecule has 0 fully saturated rings. The molecular formula is C21H17NO2S. The first-order chi connectivity index (χ1) is 12.2. The van der Waals surface area contributed by atoms with Crippen molar-refractivity contribution in [3.05, 3.63) is 71.6 Å². The molecule has 4 heteroatoms. The molecule has 2 aromatic carbocycles. The zero-order valence-corrected chi connectivity index (χ0v) is 14.6. The molecule has 1 amide bonds. The van der Waals surface area contributed by atoms with E-state index in [1.807, 2.05) is 66.7 Å². The highest BCUT2D eigenvalue weighted by molar-refractivity contribution is 7.17. The fraction of sp³-hybridized carbons (Fsp3) is 0.0952. The number of para-hydroxylation sites is 1. The third kappa shape index (κ3) is 4.09. The summed E-state index contributed by atoms with van der Waals surface area (Å²) >= 11 is 1.46. The van der Waals surface area contributed by atoms with E-state index in [1.54, 1.807) is 7.05 Å². The lowest BCUT2D eigenvalue weighted by Crippen LogP contribution is -2.26. The summed E-state index contributed by atoms with van der Waals surface area (Å²) in [5.41, 5.74) is 1.05. The van der Waals surface area contributed by atoms with Gasteiger partial charge in [0, 0.05) is 11.9 Å². The Hall–Kier alpha value is -3.03. The van der Waals surface area contributed by atoms with E-state index < -0.39 is 0 Å². The first-order valence-corrected chi connectivity index (χ1v) is 8.61. The zero-order chi connectivity index (χ0) is 17.6. The highest BCUT2D eigenvalue weighted by atomic mass is 32.1. The lowest BCUT2D eigenvalue weighted by atomic mass is 10.2. The lowest BCUT2D eigenvalue weighted by Gasteiger charge is -2.11. The summed E-state index contributed by atoms with van der Waals surface area (Å²) in [7, 11) is 1.71. The van der Waals surface area contributed by atoms with Crippen LogP contribution in [-0.2, 0) is 0 Å². The van der Waals surface area contributed by atoms with Crippen molar-refractivity contribution in [2.75, 3.05) is 13.6 Å². The Balaban J connectivity index is 1.73. The average molecular weight is 347 g/mol. The molecule has 3 nitrogen and oxygen atoms in total. The van der Waals surface area contributed by atoms with Gasteiger partial charge in [0.25, 0.3) is 5.91 Å². The molecule has 0 saturated heterocycles. The topological polar surface area (TPSA) is 29.5 Å². The summed E-state index contributed by atoms with van der Waals surface area (Å²) in [6, 6.07) is 21.3. The minimum absolute atomic E-state index is 0.0572. The van der Waals surface area contributed by atoms with Crippen LogP contribution in [0, 0.1) is 12.3 Å². The maximum absolute atomic E-state index is 12.3. The van der Waals surface area contributed by atoms with Crippen LogP contribution in [0.3, 0.4) is 0 Å². The highest BCUT2D eigenvalue weighted by Crippen LogP contribution is 2.31. The molecule has 124 valence electrons. The number of carbonyl (C=O) groups is 1. The van der Waals surface area contributed by atoms with E-state index in [4.69, 9.17) is 11.2 Å². The molecule has 0 atom stereocenters. The third-order valence-corrected chi connectivity index (χ3v) is 4.73. The van der Waals surface area contributed by atoms with Crippen molar-refractivity contribution in [1.82, 2.24) is 4.90 Å². The predicted molar refractivity (Wildman–Crippen MR) is 102 cm³/mol. The molecule has 0 spiro atoms. The van der Waals surface area contributed by atoms with Gasteiger partial charge in [0.05, 0.1) is 11.4 Å². The number of benzene rings is 2. The van der Waals surface area contributed by atoms with E-state index in [9.17, 15) is 4.79 Å². The molecule has 3 aromatic rings. The molecule has 0 aliphatic rings. The number of nitrogens with zero attached hydrogens (tertiary/aromatic N) is 1. The third-order valence-electron chi connectivity index (χ3n) is 3.61. The smallest absolute Gasteiger partial charge is 0.264 e. The molecule has 0 saturated carbocycles. The lowest BCUT2D eigenvalue weighted by molar-refractivity contribution is 0.0817. The van der Waals surface area contributed by atoms with Crippen molar-refractivity contribution in [2.45, 2.75) is 0 Å². The first kappa shape index (κ1) is 16.8. The van der Waals surface area contributed by atoms with Crippen molar-refractivity contribution < 1.29 is 9.53 Å². The van der Waals surface area contributed by atoms with Crippen LogP contribution >= 0.6 is 11.3 Å². The number of thiophene rings is 1. The van der Waals surface area contributed by atoms with Crippen molar-refractivity contribution >= 4 is 17.2 Å². The van der Waals surface area contributed by atoms with Gasteiger partial charge >= 0.3 is 0 Å². The number of hydrogen-bond donors (Lipinski definition) is 0. The SMILES string of the molecule is C#CCN(C)C(=O)c1ccc(-c2ccc(Oc3ccccc3)cc2)s1. The number of carbonyl (C=O) groups excluding carboxylic acids is 1. The minimum Gasteiger partial charge on any atom is -0.457 e. The number of terminal acetylenes is 1. The summed E-state index contributed by atoms with van der Waals surface area (Å²) in [6.45, 7) is 0.303. The van der Waals surface area contributed by atoms with Crippen LogP contribution < -0.4 is 4.74 Å². The number of ether oxygens (including phenoxy) is 1. The number of hydrogen-bond acceptors (Lipinski definition) is 3. The quantitative estimate of drug-likeness (QED) is 0.614. The Morgan fingerprint density at radius 2 is 1.72 bits per heavy atom. The molecule has 0 aliphatic heterocycles. The second-order valence-electron chi connectivity index (χ2n) is 5.47. The maximum atomic E-state index is 12.3. The Morgan fingerprint density at radius 3 is 2.40 bits per heavy atom. The fourth-order valence-corrected chi connectivity index (χ4v) is 3.32. The van der Waals surface area contributed by atoms with E-state index in [1.165, 1.54) is 16.2 Å². The van der Waals surface area contributed by atoms with Gasteiger partial charge in [0.2, 0.25) is 0 Å². The standard InChI is InChI=1S/C21H17NO2S/c1-3-15-22(2)21(23)20-14-13-19(25-20)16-9-11-18(12-10-16)24-17-7-5-4-6-8-17/h1,4-14H,15H2,2H3. The monoisotopic (exact) mass is 347 g/mol. The van der Waals surface area contributed by atoms with E-state index in [0.29, 0.717) is 11.4 Å². The molecule has 0 unspecified atom stereocenters. The van der Waals surface area contributed by atoms with E-state index in [-0.39, 0.29) is 5.91 Å². The zero-order valence-electron chi connectivity index (χ0n) is 13.8. The number of rotatable bonds is 5. The second kappa shape index (κ2) is 7.69. The van der Waals surface area contributed by atoms with Crippen LogP contribution in [0.2, 0.25) is 0 Å². The van der Waals surface area contributed by atoms with Crippen LogP contribution in [0.1, 0.15) is 9.67 Å². The van der Waals surface area contributed by atoms with E-state index in [2.05, 4.69) is 5.92 Å². The normalized spacial score (nSPS) is 10.1. The Bertz CT molecular complexity index is 892. The molecule has 1 heterocycles. The van der Waals surface area contributed by atoms with Crippen molar-refractivity contribution in [2.24, 2.45) is 0 Å². The summed E-state index contributed by atoms with van der Waals surface area (Å²) in [5, 5.41) is 0. The average Bonchev–Trinajstić information content (AvgIpc) is 3.13. The molecule has 0 N–H and O–H groups in total. The van der Waals surface area contributed by atoms with Crippen LogP contribution in [0.5, 0.6) is 11.5 Å². The minimum atomic E-state index is -0.0572. The van der Waals surface area contributed by atoms with Gasteiger partial charge in [-0.3, -0.25) is 4.79 Å². The summed E-state index contributed by atoms with van der Waals surface area (Å²) in [6.07, 6.45) is 5.26. The molecular weight excluding hydrogens is 330 g/mol. The van der Waals surface area contributed by atoms with Crippen LogP contribution in [-0.4, -0.2) is 24.4 Å². The molecule has 0 aliphatic carbocycles. The van der Waals surface area contributed by atoms with Gasteiger partial charge in [0.1, 0.15) is 11.5 Å². The van der Waals surface area contributed by atoms with Gasteiger partial charge < -0.3 is 9.64 Å². The van der Waals surface area contributed by atoms with Crippen LogP contribution in [0.15, 0.2) is 66.7 Å². The van der Waals surface area contributed by atoms with E-state index >= 15 is 0 Å². The Labute approximate surface area is 151 Å². The van der Waals surface area contributed by atoms with Crippen LogP contribution in [0.4, 0.5) is 0 Å². The molecule has 0 radical (unpaired) electrons. The van der Waals surface area contributed by atoms with Crippen molar-refractivity contribution in [3.63, 3.8) is 0 Å². The fourth-order valence-electron chi connectivity index (χ4n) is 2.32. The van der Waals surface area contributed by atoms with Crippen molar-refractivity contribution in [1.29, 1.82) is 0 Å². The summed E-state index contributed by atoms with van der Waals surface area (Å²) < 4.78 is 5.79. The van der Waals surface area contributed by atoms with E-state index in [0.717, 1.165) is 21.9 Å². The van der Waals surface area contributed by atoms with Crippen molar-refractivity contribution in [3.8, 4) is 34.3 Å². The second-order valence-corrected chi connectivity index (χ2v) is 6.55. The Kier molecular flexibility index (Phi) is 5.17. The van der Waals surface area contributed by atoms with Gasteiger partial charge in [-0.2, -0.15) is 0 Å². The molecule has 0 bridgehead atoms. The largest absolute Gasteiger partial charge is 0.457 e. The molecule has 1 aromatic heterocycles. The first-order valence-electron chi connectivity index (χ1n) is 7.79. The van der Waals surface area contributed by atoms with Gasteiger partial charge in [-0.1, -0.05) is 24.1 Å². The van der Waals surface area contributed by atoms with Gasteiger partial charge in [-0.05, 0) is 54.1 Å². The Morgan fingerprint density at radius 1 is 1.04 bits per heavy atom. The maximum Gasteiger partial charge on any atom is 0.264 e.